The number of piperidine rings is 1. The van der Waals surface area contributed by atoms with E-state index in [-0.39, 0.29) is 11.9 Å². The Morgan fingerprint density at radius 1 is 1.65 bits per heavy atom. The van der Waals surface area contributed by atoms with Gasteiger partial charge in [0.25, 0.3) is 0 Å². The first-order valence-electron chi connectivity index (χ1n) is 6.31. The van der Waals surface area contributed by atoms with E-state index in [0.717, 1.165) is 38.0 Å². The summed E-state index contributed by atoms with van der Waals surface area (Å²) in [5, 5.41) is 6.18. The summed E-state index contributed by atoms with van der Waals surface area (Å²) >= 11 is 0. The number of hydrogen-bond donors (Lipinski definition) is 2. The van der Waals surface area contributed by atoms with Crippen molar-refractivity contribution in [3.8, 4) is 0 Å². The molecule has 1 amide bonds. The molecule has 5 nitrogen and oxygen atoms in total. The molecule has 1 fully saturated rings. The van der Waals surface area contributed by atoms with Gasteiger partial charge in [-0.2, -0.15) is 0 Å². The van der Waals surface area contributed by atoms with Gasteiger partial charge in [-0.25, -0.2) is 4.98 Å². The second kappa shape index (κ2) is 5.82. The van der Waals surface area contributed by atoms with Crippen molar-refractivity contribution in [1.82, 2.24) is 20.2 Å². The molecule has 0 saturated carbocycles. The Labute approximate surface area is 102 Å². The van der Waals surface area contributed by atoms with Gasteiger partial charge in [0.2, 0.25) is 5.91 Å². The summed E-state index contributed by atoms with van der Waals surface area (Å²) in [7, 11) is 0. The van der Waals surface area contributed by atoms with Gasteiger partial charge in [0, 0.05) is 25.8 Å². The number of carbonyl (C=O) groups is 1. The lowest BCUT2D eigenvalue weighted by atomic mass is 10.1. The van der Waals surface area contributed by atoms with E-state index >= 15 is 0 Å². The molecule has 5 heteroatoms. The molecule has 2 heterocycles. The van der Waals surface area contributed by atoms with Gasteiger partial charge in [-0.05, 0) is 19.3 Å². The molecule has 1 atom stereocenters. The summed E-state index contributed by atoms with van der Waals surface area (Å²) in [6.07, 6.45) is 6.78. The van der Waals surface area contributed by atoms with Crippen LogP contribution in [0.15, 0.2) is 12.5 Å². The Morgan fingerprint density at radius 2 is 2.53 bits per heavy atom. The maximum atomic E-state index is 11.6. The summed E-state index contributed by atoms with van der Waals surface area (Å²) in [6, 6.07) is -0.0475. The fourth-order valence-corrected chi connectivity index (χ4v) is 2.13. The van der Waals surface area contributed by atoms with Crippen molar-refractivity contribution in [2.75, 3.05) is 6.54 Å². The molecular formula is C12H20N4O. The quantitative estimate of drug-likeness (QED) is 0.789. The zero-order chi connectivity index (χ0) is 12.1. The smallest absolute Gasteiger partial charge is 0.237 e. The molecule has 1 aliphatic rings. The zero-order valence-corrected chi connectivity index (χ0v) is 10.3. The molecule has 17 heavy (non-hydrogen) atoms. The van der Waals surface area contributed by atoms with E-state index in [9.17, 15) is 4.79 Å². The summed E-state index contributed by atoms with van der Waals surface area (Å²) in [4.78, 5) is 15.7. The molecule has 0 bridgehead atoms. The van der Waals surface area contributed by atoms with E-state index in [1.807, 2.05) is 12.5 Å². The third-order valence-electron chi connectivity index (χ3n) is 3.08. The average molecular weight is 236 g/mol. The zero-order valence-electron chi connectivity index (χ0n) is 10.3. The van der Waals surface area contributed by atoms with Crippen LogP contribution in [-0.2, 0) is 17.9 Å². The molecule has 1 aliphatic heterocycles. The lowest BCUT2D eigenvalue weighted by Crippen LogP contribution is -2.48. The number of imidazole rings is 1. The SMILES string of the molecule is CCCn1cncc1CNC1CCCNC1=O. The van der Waals surface area contributed by atoms with Crippen molar-refractivity contribution >= 4 is 5.91 Å². The minimum absolute atomic E-state index is 0.0475. The largest absolute Gasteiger partial charge is 0.355 e. The van der Waals surface area contributed by atoms with Crippen LogP contribution in [0.4, 0.5) is 0 Å². The summed E-state index contributed by atoms with van der Waals surface area (Å²) in [6.45, 7) is 4.64. The summed E-state index contributed by atoms with van der Waals surface area (Å²) < 4.78 is 2.13. The highest BCUT2D eigenvalue weighted by Gasteiger charge is 2.21. The molecule has 1 saturated heterocycles. The van der Waals surface area contributed by atoms with Crippen LogP contribution in [0.2, 0.25) is 0 Å². The number of hydrogen-bond acceptors (Lipinski definition) is 3. The maximum Gasteiger partial charge on any atom is 0.237 e. The molecule has 0 aromatic carbocycles. The Kier molecular flexibility index (Phi) is 4.14. The average Bonchev–Trinajstić information content (AvgIpc) is 2.76. The van der Waals surface area contributed by atoms with Gasteiger partial charge in [-0.3, -0.25) is 4.79 Å². The van der Waals surface area contributed by atoms with Crippen LogP contribution >= 0.6 is 0 Å². The molecular weight excluding hydrogens is 216 g/mol. The Balaban J connectivity index is 1.88. The van der Waals surface area contributed by atoms with Crippen LogP contribution in [0.1, 0.15) is 31.9 Å². The number of aromatic nitrogens is 2. The highest BCUT2D eigenvalue weighted by atomic mass is 16.2. The van der Waals surface area contributed by atoms with Crippen molar-refractivity contribution in [2.24, 2.45) is 0 Å². The fraction of sp³-hybridized carbons (Fsp3) is 0.667. The van der Waals surface area contributed by atoms with Crippen LogP contribution in [0.3, 0.4) is 0 Å². The number of aryl methyl sites for hydroxylation is 1. The molecule has 1 unspecified atom stereocenters. The second-order valence-electron chi connectivity index (χ2n) is 4.45. The van der Waals surface area contributed by atoms with Gasteiger partial charge in [-0.1, -0.05) is 6.92 Å². The molecule has 2 rings (SSSR count). The number of rotatable bonds is 5. The highest BCUT2D eigenvalue weighted by molar-refractivity contribution is 5.82. The first-order chi connectivity index (χ1) is 8.31. The van der Waals surface area contributed by atoms with E-state index in [0.29, 0.717) is 6.54 Å². The lowest BCUT2D eigenvalue weighted by molar-refractivity contribution is -0.124. The van der Waals surface area contributed by atoms with Gasteiger partial charge < -0.3 is 15.2 Å². The van der Waals surface area contributed by atoms with Crippen LogP contribution in [0.5, 0.6) is 0 Å². The van der Waals surface area contributed by atoms with E-state index in [4.69, 9.17) is 0 Å². The minimum atomic E-state index is -0.0475. The van der Waals surface area contributed by atoms with E-state index in [2.05, 4.69) is 27.1 Å². The number of amides is 1. The van der Waals surface area contributed by atoms with E-state index in [1.54, 1.807) is 0 Å². The molecule has 0 spiro atoms. The standard InChI is InChI=1S/C12H20N4O/c1-2-6-16-9-13-7-10(16)8-15-11-4-3-5-14-12(11)17/h7,9,11,15H,2-6,8H2,1H3,(H,14,17). The highest BCUT2D eigenvalue weighted by Crippen LogP contribution is 2.06. The van der Waals surface area contributed by atoms with E-state index < -0.39 is 0 Å². The molecule has 0 radical (unpaired) electrons. The normalized spacial score (nSPS) is 20.3. The van der Waals surface area contributed by atoms with Gasteiger partial charge >= 0.3 is 0 Å². The van der Waals surface area contributed by atoms with Gasteiger partial charge in [-0.15, -0.1) is 0 Å². The molecule has 1 aromatic rings. The molecule has 94 valence electrons. The first kappa shape index (κ1) is 12.1. The minimum Gasteiger partial charge on any atom is -0.355 e. The van der Waals surface area contributed by atoms with Crippen molar-refractivity contribution in [2.45, 2.75) is 45.3 Å². The third-order valence-corrected chi connectivity index (χ3v) is 3.08. The lowest BCUT2D eigenvalue weighted by Gasteiger charge is -2.23. The number of carbonyl (C=O) groups excluding carboxylic acids is 1. The molecule has 0 aliphatic carbocycles. The Hall–Kier alpha value is -1.36. The van der Waals surface area contributed by atoms with Gasteiger partial charge in [0.1, 0.15) is 0 Å². The van der Waals surface area contributed by atoms with Crippen molar-refractivity contribution in [3.63, 3.8) is 0 Å². The van der Waals surface area contributed by atoms with Crippen molar-refractivity contribution < 1.29 is 4.79 Å². The molecule has 1 aromatic heterocycles. The van der Waals surface area contributed by atoms with Crippen molar-refractivity contribution in [1.29, 1.82) is 0 Å². The monoisotopic (exact) mass is 236 g/mol. The number of nitrogens with zero attached hydrogens (tertiary/aromatic N) is 2. The number of nitrogens with one attached hydrogen (secondary N) is 2. The summed E-state index contributed by atoms with van der Waals surface area (Å²) in [5.74, 6) is 0.123. The van der Waals surface area contributed by atoms with Crippen molar-refractivity contribution in [3.05, 3.63) is 18.2 Å². The molecule has 2 N–H and O–H groups in total. The van der Waals surface area contributed by atoms with Crippen LogP contribution < -0.4 is 10.6 Å². The summed E-state index contributed by atoms with van der Waals surface area (Å²) in [5.41, 5.74) is 1.14. The Bertz CT molecular complexity index is 374. The fourth-order valence-electron chi connectivity index (χ4n) is 2.13. The second-order valence-corrected chi connectivity index (χ2v) is 4.45. The maximum absolute atomic E-state index is 11.6. The Morgan fingerprint density at radius 3 is 3.29 bits per heavy atom. The predicted molar refractivity (Wildman–Crippen MR) is 65.4 cm³/mol. The van der Waals surface area contributed by atoms with Crippen LogP contribution in [0.25, 0.3) is 0 Å². The predicted octanol–water partition coefficient (Wildman–Crippen LogP) is 0.661. The van der Waals surface area contributed by atoms with Gasteiger partial charge in [0.15, 0.2) is 0 Å². The topological polar surface area (TPSA) is 59.0 Å². The van der Waals surface area contributed by atoms with Crippen LogP contribution in [0, 0.1) is 0 Å². The third kappa shape index (κ3) is 3.06. The first-order valence-corrected chi connectivity index (χ1v) is 6.31. The van der Waals surface area contributed by atoms with Crippen LogP contribution in [-0.4, -0.2) is 28.0 Å². The van der Waals surface area contributed by atoms with E-state index in [1.165, 1.54) is 0 Å². The van der Waals surface area contributed by atoms with Gasteiger partial charge in [0.05, 0.1) is 18.1 Å².